The maximum atomic E-state index is 13.9. The van der Waals surface area contributed by atoms with E-state index in [1.807, 2.05) is 12.1 Å². The standard InChI is InChI=1S/C16H26FN3O/c1-3-16(2,20-8-10-21-11-9-20)15(19-18)12-13-6-4-5-7-14(13)17/h4-7,15,19H,3,8-12,18H2,1-2H3. The van der Waals surface area contributed by atoms with Crippen molar-refractivity contribution in [1.29, 1.82) is 0 Å². The van der Waals surface area contributed by atoms with Gasteiger partial charge in [0.15, 0.2) is 0 Å². The zero-order valence-electron chi connectivity index (χ0n) is 12.9. The highest BCUT2D eigenvalue weighted by Gasteiger charge is 2.38. The number of rotatable bonds is 6. The van der Waals surface area contributed by atoms with Gasteiger partial charge in [0, 0.05) is 24.7 Å². The van der Waals surface area contributed by atoms with Crippen LogP contribution < -0.4 is 11.3 Å². The Morgan fingerprint density at radius 2 is 2.05 bits per heavy atom. The first-order chi connectivity index (χ1) is 10.1. The molecule has 2 atom stereocenters. The molecular weight excluding hydrogens is 269 g/mol. The number of halogens is 1. The molecule has 1 heterocycles. The number of ether oxygens (including phenoxy) is 1. The highest BCUT2D eigenvalue weighted by Crippen LogP contribution is 2.27. The molecule has 2 rings (SSSR count). The Morgan fingerprint density at radius 1 is 1.38 bits per heavy atom. The Hall–Kier alpha value is -1.01. The van der Waals surface area contributed by atoms with Gasteiger partial charge in [0.25, 0.3) is 0 Å². The maximum absolute atomic E-state index is 13.9. The van der Waals surface area contributed by atoms with Gasteiger partial charge in [-0.3, -0.25) is 16.2 Å². The normalized spacial score (nSPS) is 21.0. The average Bonchev–Trinajstić information content (AvgIpc) is 2.54. The van der Waals surface area contributed by atoms with Gasteiger partial charge in [-0.25, -0.2) is 4.39 Å². The van der Waals surface area contributed by atoms with Gasteiger partial charge in [0.1, 0.15) is 5.82 Å². The Bertz CT molecular complexity index is 451. The smallest absolute Gasteiger partial charge is 0.126 e. The van der Waals surface area contributed by atoms with Crippen molar-refractivity contribution in [2.45, 2.75) is 38.3 Å². The molecule has 4 nitrogen and oxygen atoms in total. The quantitative estimate of drug-likeness (QED) is 0.619. The van der Waals surface area contributed by atoms with Crippen LogP contribution in [0.5, 0.6) is 0 Å². The number of hydrazine groups is 1. The highest BCUT2D eigenvalue weighted by molar-refractivity contribution is 5.20. The largest absolute Gasteiger partial charge is 0.379 e. The van der Waals surface area contributed by atoms with Crippen molar-refractivity contribution in [3.8, 4) is 0 Å². The van der Waals surface area contributed by atoms with Crippen LogP contribution >= 0.6 is 0 Å². The monoisotopic (exact) mass is 295 g/mol. The lowest BCUT2D eigenvalue weighted by atomic mass is 9.83. The van der Waals surface area contributed by atoms with Crippen LogP contribution in [0.15, 0.2) is 24.3 Å². The summed E-state index contributed by atoms with van der Waals surface area (Å²) in [4.78, 5) is 2.40. The molecule has 0 spiro atoms. The fourth-order valence-electron chi connectivity index (χ4n) is 3.11. The molecule has 0 saturated carbocycles. The van der Waals surface area contributed by atoms with Gasteiger partial charge in [0.05, 0.1) is 13.2 Å². The van der Waals surface area contributed by atoms with Gasteiger partial charge in [-0.2, -0.15) is 0 Å². The Balaban J connectivity index is 2.18. The predicted molar refractivity (Wildman–Crippen MR) is 82.3 cm³/mol. The molecule has 0 aliphatic carbocycles. The molecule has 0 bridgehead atoms. The summed E-state index contributed by atoms with van der Waals surface area (Å²) >= 11 is 0. The minimum atomic E-state index is -0.168. The van der Waals surface area contributed by atoms with Crippen molar-refractivity contribution in [3.63, 3.8) is 0 Å². The number of nitrogens with two attached hydrogens (primary N) is 1. The van der Waals surface area contributed by atoms with Crippen molar-refractivity contribution in [2.24, 2.45) is 5.84 Å². The number of morpholine rings is 1. The van der Waals surface area contributed by atoms with Crippen LogP contribution in [0.3, 0.4) is 0 Å². The molecular formula is C16H26FN3O. The third kappa shape index (κ3) is 3.61. The maximum Gasteiger partial charge on any atom is 0.126 e. The van der Waals surface area contributed by atoms with Gasteiger partial charge < -0.3 is 4.74 Å². The second-order valence-corrected chi connectivity index (χ2v) is 5.82. The van der Waals surface area contributed by atoms with Crippen LogP contribution in [-0.2, 0) is 11.2 Å². The van der Waals surface area contributed by atoms with Crippen LogP contribution in [0.25, 0.3) is 0 Å². The molecule has 1 aromatic carbocycles. The molecule has 118 valence electrons. The van der Waals surface area contributed by atoms with Crippen molar-refractivity contribution in [2.75, 3.05) is 26.3 Å². The molecule has 0 amide bonds. The van der Waals surface area contributed by atoms with E-state index in [2.05, 4.69) is 24.2 Å². The summed E-state index contributed by atoms with van der Waals surface area (Å²) in [6, 6.07) is 6.89. The molecule has 21 heavy (non-hydrogen) atoms. The molecule has 1 fully saturated rings. The second-order valence-electron chi connectivity index (χ2n) is 5.82. The van der Waals surface area contributed by atoms with Crippen molar-refractivity contribution < 1.29 is 9.13 Å². The Kier molecular flexibility index (Phi) is 5.70. The van der Waals surface area contributed by atoms with Gasteiger partial charge in [0.2, 0.25) is 0 Å². The number of hydrogen-bond donors (Lipinski definition) is 2. The fourth-order valence-corrected chi connectivity index (χ4v) is 3.11. The summed E-state index contributed by atoms with van der Waals surface area (Å²) in [5.41, 5.74) is 3.50. The summed E-state index contributed by atoms with van der Waals surface area (Å²) in [6.45, 7) is 7.61. The van der Waals surface area contributed by atoms with Crippen LogP contribution in [0.2, 0.25) is 0 Å². The molecule has 3 N–H and O–H groups in total. The van der Waals surface area contributed by atoms with E-state index < -0.39 is 0 Å². The van der Waals surface area contributed by atoms with Crippen LogP contribution in [0.4, 0.5) is 4.39 Å². The minimum absolute atomic E-state index is 0.0162. The lowest BCUT2D eigenvalue weighted by Crippen LogP contribution is -2.63. The first kappa shape index (κ1) is 16.4. The van der Waals surface area contributed by atoms with Crippen molar-refractivity contribution >= 4 is 0 Å². The highest BCUT2D eigenvalue weighted by atomic mass is 19.1. The summed E-state index contributed by atoms with van der Waals surface area (Å²) in [5.74, 6) is 5.64. The molecule has 0 radical (unpaired) electrons. The van der Waals surface area contributed by atoms with Crippen LogP contribution in [-0.4, -0.2) is 42.8 Å². The number of nitrogens with zero attached hydrogens (tertiary/aromatic N) is 1. The van der Waals surface area contributed by atoms with E-state index in [1.165, 1.54) is 6.07 Å². The third-order valence-electron chi connectivity index (χ3n) is 4.78. The van der Waals surface area contributed by atoms with E-state index in [4.69, 9.17) is 10.6 Å². The van der Waals surface area contributed by atoms with Crippen molar-refractivity contribution in [1.82, 2.24) is 10.3 Å². The van der Waals surface area contributed by atoms with Gasteiger partial charge in [-0.1, -0.05) is 25.1 Å². The number of benzene rings is 1. The predicted octanol–water partition coefficient (Wildman–Crippen LogP) is 1.70. The zero-order chi connectivity index (χ0) is 15.3. The molecule has 0 aromatic heterocycles. The molecule has 1 saturated heterocycles. The molecule has 1 aromatic rings. The van der Waals surface area contributed by atoms with Gasteiger partial charge >= 0.3 is 0 Å². The molecule has 2 unspecified atom stereocenters. The van der Waals surface area contributed by atoms with Gasteiger partial charge in [-0.15, -0.1) is 0 Å². The SMILES string of the molecule is CCC(C)(C(Cc1ccccc1F)NN)N1CCOCC1. The lowest BCUT2D eigenvalue weighted by molar-refractivity contribution is -0.0323. The minimum Gasteiger partial charge on any atom is -0.379 e. The number of nitrogens with one attached hydrogen (secondary N) is 1. The summed E-state index contributed by atoms with van der Waals surface area (Å²) < 4.78 is 19.4. The van der Waals surface area contributed by atoms with E-state index in [0.717, 1.165) is 32.7 Å². The number of hydrogen-bond acceptors (Lipinski definition) is 4. The topological polar surface area (TPSA) is 50.5 Å². The molecule has 5 heteroatoms. The lowest BCUT2D eigenvalue weighted by Gasteiger charge is -2.47. The van der Waals surface area contributed by atoms with Crippen LogP contribution in [0.1, 0.15) is 25.8 Å². The Labute approximate surface area is 126 Å². The van der Waals surface area contributed by atoms with Gasteiger partial charge in [-0.05, 0) is 31.4 Å². The summed E-state index contributed by atoms with van der Waals surface area (Å²) in [7, 11) is 0. The molecule has 1 aliphatic rings. The Morgan fingerprint density at radius 3 is 2.62 bits per heavy atom. The second kappa shape index (κ2) is 7.31. The van der Waals surface area contributed by atoms with E-state index in [0.29, 0.717) is 12.0 Å². The van der Waals surface area contributed by atoms with Crippen molar-refractivity contribution in [3.05, 3.63) is 35.6 Å². The summed E-state index contributed by atoms with van der Waals surface area (Å²) in [6.07, 6.45) is 1.52. The summed E-state index contributed by atoms with van der Waals surface area (Å²) in [5, 5.41) is 0. The first-order valence-electron chi connectivity index (χ1n) is 7.64. The molecule has 1 aliphatic heterocycles. The average molecular weight is 295 g/mol. The van der Waals surface area contributed by atoms with E-state index >= 15 is 0 Å². The third-order valence-corrected chi connectivity index (χ3v) is 4.78. The first-order valence-corrected chi connectivity index (χ1v) is 7.64. The fraction of sp³-hybridized carbons (Fsp3) is 0.625. The van der Waals surface area contributed by atoms with E-state index in [1.54, 1.807) is 6.07 Å². The van der Waals surface area contributed by atoms with E-state index in [9.17, 15) is 4.39 Å². The van der Waals surface area contributed by atoms with Crippen LogP contribution in [0, 0.1) is 5.82 Å². The van der Waals surface area contributed by atoms with E-state index in [-0.39, 0.29) is 17.4 Å². The zero-order valence-corrected chi connectivity index (χ0v) is 12.9.